The second kappa shape index (κ2) is 10.7. The first kappa shape index (κ1) is 22.5. The van der Waals surface area contributed by atoms with Crippen molar-refractivity contribution in [3.63, 3.8) is 0 Å². The lowest BCUT2D eigenvalue weighted by Crippen LogP contribution is -2.41. The zero-order chi connectivity index (χ0) is 21.4. The van der Waals surface area contributed by atoms with Crippen molar-refractivity contribution in [2.24, 2.45) is 0 Å². The van der Waals surface area contributed by atoms with Gasteiger partial charge in [-0.1, -0.05) is 11.8 Å². The van der Waals surface area contributed by atoms with Crippen molar-refractivity contribution in [2.45, 2.75) is 19.1 Å². The lowest BCUT2D eigenvalue weighted by atomic mass is 10.2. The standard InChI is InChI=1S/C19H26N4O5S/c1-6-23(7-2)16(24)11-22(3)17(25)12-29-19-21-20-18(28-19)13-8-14(26-4)10-15(9-13)27-5/h8-10H,6-7,11-12H2,1-5H3. The molecule has 0 aliphatic carbocycles. The summed E-state index contributed by atoms with van der Waals surface area (Å²) in [6, 6.07) is 5.24. The van der Waals surface area contributed by atoms with Crippen molar-refractivity contribution in [3.05, 3.63) is 18.2 Å². The molecule has 158 valence electrons. The third-order valence-electron chi connectivity index (χ3n) is 4.24. The second-order valence-corrected chi connectivity index (χ2v) is 7.01. The number of hydrogen-bond acceptors (Lipinski definition) is 8. The summed E-state index contributed by atoms with van der Waals surface area (Å²) in [4.78, 5) is 27.5. The average molecular weight is 423 g/mol. The molecular weight excluding hydrogens is 396 g/mol. The summed E-state index contributed by atoms with van der Waals surface area (Å²) in [5, 5.41) is 8.25. The van der Waals surface area contributed by atoms with Crippen molar-refractivity contribution in [1.82, 2.24) is 20.0 Å². The maximum Gasteiger partial charge on any atom is 0.277 e. The molecule has 1 aromatic carbocycles. The highest BCUT2D eigenvalue weighted by Crippen LogP contribution is 2.30. The van der Waals surface area contributed by atoms with Gasteiger partial charge < -0.3 is 23.7 Å². The monoisotopic (exact) mass is 422 g/mol. The first-order chi connectivity index (χ1) is 13.9. The van der Waals surface area contributed by atoms with Crippen LogP contribution in [0.3, 0.4) is 0 Å². The van der Waals surface area contributed by atoms with Crippen LogP contribution in [-0.4, -0.2) is 78.5 Å². The molecule has 0 atom stereocenters. The molecule has 0 N–H and O–H groups in total. The number of benzene rings is 1. The molecule has 2 rings (SSSR count). The lowest BCUT2D eigenvalue weighted by Gasteiger charge is -2.22. The number of likely N-dealkylation sites (N-methyl/N-ethyl adjacent to an activating group) is 2. The Hall–Kier alpha value is -2.75. The van der Waals surface area contributed by atoms with Gasteiger partial charge in [0.25, 0.3) is 5.22 Å². The van der Waals surface area contributed by atoms with E-state index in [0.29, 0.717) is 36.0 Å². The Balaban J connectivity index is 1.97. The van der Waals surface area contributed by atoms with Gasteiger partial charge in [0.2, 0.25) is 17.7 Å². The predicted octanol–water partition coefficient (Wildman–Crippen LogP) is 2.17. The van der Waals surface area contributed by atoms with Gasteiger partial charge in [0, 0.05) is 31.8 Å². The summed E-state index contributed by atoms with van der Waals surface area (Å²) in [5.41, 5.74) is 0.647. The van der Waals surface area contributed by atoms with Gasteiger partial charge in [-0.15, -0.1) is 10.2 Å². The van der Waals surface area contributed by atoms with Gasteiger partial charge >= 0.3 is 0 Å². The smallest absolute Gasteiger partial charge is 0.277 e. The minimum Gasteiger partial charge on any atom is -0.497 e. The van der Waals surface area contributed by atoms with Gasteiger partial charge in [0.05, 0.1) is 26.5 Å². The van der Waals surface area contributed by atoms with E-state index >= 15 is 0 Å². The van der Waals surface area contributed by atoms with E-state index in [1.54, 1.807) is 44.4 Å². The molecule has 0 saturated carbocycles. The van der Waals surface area contributed by atoms with Crippen LogP contribution in [-0.2, 0) is 9.59 Å². The Morgan fingerprint density at radius 2 is 1.66 bits per heavy atom. The van der Waals surface area contributed by atoms with Gasteiger partial charge in [0.1, 0.15) is 11.5 Å². The van der Waals surface area contributed by atoms with E-state index in [1.807, 2.05) is 13.8 Å². The third kappa shape index (κ3) is 6.11. The lowest BCUT2D eigenvalue weighted by molar-refractivity contribution is -0.137. The van der Waals surface area contributed by atoms with Gasteiger partial charge in [-0.25, -0.2) is 0 Å². The average Bonchev–Trinajstić information content (AvgIpc) is 3.21. The van der Waals surface area contributed by atoms with Crippen molar-refractivity contribution in [2.75, 3.05) is 46.7 Å². The summed E-state index contributed by atoms with van der Waals surface area (Å²) < 4.78 is 16.1. The fourth-order valence-corrected chi connectivity index (χ4v) is 3.22. The molecule has 2 aromatic rings. The number of nitrogens with zero attached hydrogens (tertiary/aromatic N) is 4. The quantitative estimate of drug-likeness (QED) is 0.537. The van der Waals surface area contributed by atoms with Gasteiger partial charge in [0.15, 0.2) is 0 Å². The zero-order valence-electron chi connectivity index (χ0n) is 17.3. The number of aromatic nitrogens is 2. The van der Waals surface area contributed by atoms with Crippen molar-refractivity contribution in [3.8, 4) is 23.0 Å². The van der Waals surface area contributed by atoms with E-state index in [9.17, 15) is 9.59 Å². The molecule has 0 radical (unpaired) electrons. The molecule has 0 aliphatic heterocycles. The van der Waals surface area contributed by atoms with Crippen LogP contribution in [0.4, 0.5) is 0 Å². The van der Waals surface area contributed by atoms with Crippen LogP contribution in [0, 0.1) is 0 Å². The number of amides is 2. The number of ether oxygens (including phenoxy) is 2. The molecule has 0 aliphatic rings. The maximum atomic E-state index is 12.3. The molecule has 2 amide bonds. The number of carbonyl (C=O) groups excluding carboxylic acids is 2. The van der Waals surface area contributed by atoms with Crippen LogP contribution >= 0.6 is 11.8 Å². The summed E-state index contributed by atoms with van der Waals surface area (Å²) in [6.07, 6.45) is 0. The highest BCUT2D eigenvalue weighted by molar-refractivity contribution is 7.99. The Morgan fingerprint density at radius 3 is 2.21 bits per heavy atom. The number of hydrogen-bond donors (Lipinski definition) is 0. The van der Waals surface area contributed by atoms with Gasteiger partial charge in [-0.05, 0) is 26.0 Å². The van der Waals surface area contributed by atoms with E-state index in [1.165, 1.54) is 4.90 Å². The minimum absolute atomic E-state index is 0.0414. The second-order valence-electron chi connectivity index (χ2n) is 6.08. The van der Waals surface area contributed by atoms with Gasteiger partial charge in [-0.2, -0.15) is 0 Å². The molecule has 0 unspecified atom stereocenters. The number of thioether (sulfide) groups is 1. The molecule has 29 heavy (non-hydrogen) atoms. The molecule has 0 saturated heterocycles. The first-order valence-electron chi connectivity index (χ1n) is 9.13. The van der Waals surface area contributed by atoms with Crippen LogP contribution in [0.25, 0.3) is 11.5 Å². The van der Waals surface area contributed by atoms with Crippen molar-refractivity contribution >= 4 is 23.6 Å². The molecule has 9 nitrogen and oxygen atoms in total. The first-order valence-corrected chi connectivity index (χ1v) is 10.1. The SMILES string of the molecule is CCN(CC)C(=O)CN(C)C(=O)CSc1nnc(-c2cc(OC)cc(OC)c2)o1. The predicted molar refractivity (Wildman–Crippen MR) is 109 cm³/mol. The highest BCUT2D eigenvalue weighted by atomic mass is 32.2. The van der Waals surface area contributed by atoms with Crippen LogP contribution in [0.5, 0.6) is 11.5 Å². The highest BCUT2D eigenvalue weighted by Gasteiger charge is 2.18. The summed E-state index contributed by atoms with van der Waals surface area (Å²) in [7, 11) is 4.72. The Labute approximate surface area is 174 Å². The van der Waals surface area contributed by atoms with E-state index in [0.717, 1.165) is 11.8 Å². The fourth-order valence-electron chi connectivity index (χ4n) is 2.52. The number of rotatable bonds is 10. The molecule has 0 fully saturated rings. The Bertz CT molecular complexity index is 816. The molecular formula is C19H26N4O5S. The Kier molecular flexibility index (Phi) is 8.32. The number of methoxy groups -OCH3 is 2. The maximum absolute atomic E-state index is 12.3. The van der Waals surface area contributed by atoms with Crippen LogP contribution in [0.2, 0.25) is 0 Å². The summed E-state index contributed by atoms with van der Waals surface area (Å²) in [6.45, 7) is 5.09. The molecule has 10 heteroatoms. The van der Waals surface area contributed by atoms with E-state index < -0.39 is 0 Å². The summed E-state index contributed by atoms with van der Waals surface area (Å²) >= 11 is 1.12. The Morgan fingerprint density at radius 1 is 1.03 bits per heavy atom. The fraction of sp³-hybridized carbons (Fsp3) is 0.474. The van der Waals surface area contributed by atoms with Crippen LogP contribution in [0.1, 0.15) is 13.8 Å². The van der Waals surface area contributed by atoms with Crippen LogP contribution in [0.15, 0.2) is 27.8 Å². The largest absolute Gasteiger partial charge is 0.497 e. The number of carbonyl (C=O) groups is 2. The molecule has 1 heterocycles. The third-order valence-corrected chi connectivity index (χ3v) is 5.04. The molecule has 0 spiro atoms. The molecule has 1 aromatic heterocycles. The van der Waals surface area contributed by atoms with E-state index in [4.69, 9.17) is 13.9 Å². The van der Waals surface area contributed by atoms with Crippen molar-refractivity contribution < 1.29 is 23.5 Å². The normalized spacial score (nSPS) is 10.5. The summed E-state index contributed by atoms with van der Waals surface area (Å²) in [5.74, 6) is 1.30. The topological polar surface area (TPSA) is 98.0 Å². The zero-order valence-corrected chi connectivity index (χ0v) is 18.1. The minimum atomic E-state index is -0.196. The van der Waals surface area contributed by atoms with E-state index in [-0.39, 0.29) is 29.3 Å². The van der Waals surface area contributed by atoms with Crippen molar-refractivity contribution in [1.29, 1.82) is 0 Å². The van der Waals surface area contributed by atoms with Crippen LogP contribution < -0.4 is 9.47 Å². The van der Waals surface area contributed by atoms with Gasteiger partial charge in [-0.3, -0.25) is 9.59 Å². The van der Waals surface area contributed by atoms with E-state index in [2.05, 4.69) is 10.2 Å². The molecule has 0 bridgehead atoms.